The molecule has 3 heterocycles. The monoisotopic (exact) mass is 545 g/mol. The number of halogens is 1. The Labute approximate surface area is 221 Å². The zero-order chi connectivity index (χ0) is 26.5. The largest absolute Gasteiger partial charge is 0.457 e. The molecule has 11 heteroatoms. The average Bonchev–Trinajstić information content (AvgIpc) is 3.52. The van der Waals surface area contributed by atoms with Crippen LogP contribution < -0.4 is 4.90 Å². The highest BCUT2D eigenvalue weighted by atomic mass is 35.5. The van der Waals surface area contributed by atoms with Crippen molar-refractivity contribution in [2.45, 2.75) is 57.6 Å². The van der Waals surface area contributed by atoms with Crippen molar-refractivity contribution in [2.24, 2.45) is 5.92 Å². The summed E-state index contributed by atoms with van der Waals surface area (Å²) in [6.45, 7) is 6.91. The maximum absolute atomic E-state index is 12.4. The maximum atomic E-state index is 12.4. The second kappa shape index (κ2) is 10.0. The number of benzene rings is 1. The maximum Gasteiger partial charge on any atom is 0.303 e. The van der Waals surface area contributed by atoms with Crippen LogP contribution in [0, 0.1) is 5.92 Å². The van der Waals surface area contributed by atoms with Gasteiger partial charge in [0.25, 0.3) is 0 Å². The van der Waals surface area contributed by atoms with Gasteiger partial charge in [0, 0.05) is 26.1 Å². The molecule has 3 aromatic rings. The first-order valence-electron chi connectivity index (χ1n) is 12.6. The Morgan fingerprint density at radius 1 is 1.30 bits per heavy atom. The number of fused-ring (bicyclic) bond motifs is 2. The van der Waals surface area contributed by atoms with Crippen molar-refractivity contribution in [2.75, 3.05) is 31.4 Å². The van der Waals surface area contributed by atoms with Crippen LogP contribution in [0.5, 0.6) is 0 Å². The van der Waals surface area contributed by atoms with E-state index >= 15 is 0 Å². The Hall–Kier alpha value is -2.48. The van der Waals surface area contributed by atoms with Gasteiger partial charge in [0.2, 0.25) is 5.28 Å². The van der Waals surface area contributed by atoms with Crippen LogP contribution in [0.15, 0.2) is 30.5 Å². The van der Waals surface area contributed by atoms with Crippen molar-refractivity contribution in [1.82, 2.24) is 19.7 Å². The zero-order valence-corrected chi connectivity index (χ0v) is 23.4. The second-order valence-corrected chi connectivity index (χ2v) is 14.5. The summed E-state index contributed by atoms with van der Waals surface area (Å²) in [6, 6.07) is 8.62. The summed E-state index contributed by atoms with van der Waals surface area (Å²) in [4.78, 5) is 23.2. The van der Waals surface area contributed by atoms with E-state index in [9.17, 15) is 9.36 Å². The minimum absolute atomic E-state index is 0.104. The fourth-order valence-electron chi connectivity index (χ4n) is 5.60. The number of ether oxygens (including phenoxy) is 2. The van der Waals surface area contributed by atoms with Crippen molar-refractivity contribution in [1.29, 1.82) is 0 Å². The Bertz CT molecular complexity index is 1370. The number of esters is 1. The molecular formula is C26H33ClN5O4P. The van der Waals surface area contributed by atoms with Crippen molar-refractivity contribution >= 4 is 41.6 Å². The number of aromatic nitrogens is 4. The molecule has 1 aliphatic heterocycles. The third-order valence-electron chi connectivity index (χ3n) is 7.50. The quantitative estimate of drug-likeness (QED) is 0.230. The molecule has 198 valence electrons. The third-order valence-corrected chi connectivity index (χ3v) is 9.01. The molecule has 1 aliphatic carbocycles. The van der Waals surface area contributed by atoms with Crippen molar-refractivity contribution in [3.05, 3.63) is 46.9 Å². The third kappa shape index (κ3) is 5.14. The molecule has 0 N–H and O–H groups in total. The van der Waals surface area contributed by atoms with Crippen molar-refractivity contribution in [3.8, 4) is 0 Å². The van der Waals surface area contributed by atoms with Crippen LogP contribution in [0.1, 0.15) is 50.1 Å². The van der Waals surface area contributed by atoms with Gasteiger partial charge in [0.1, 0.15) is 5.82 Å². The van der Waals surface area contributed by atoms with Gasteiger partial charge in [-0.1, -0.05) is 31.2 Å². The summed E-state index contributed by atoms with van der Waals surface area (Å²) in [5.74, 6) is 0.175. The number of carbonyl (C=O) groups is 1. The van der Waals surface area contributed by atoms with E-state index < -0.39 is 25.4 Å². The van der Waals surface area contributed by atoms with Gasteiger partial charge < -0.3 is 18.9 Å². The molecule has 5 atom stereocenters. The first kappa shape index (κ1) is 26.1. The van der Waals surface area contributed by atoms with E-state index in [1.807, 2.05) is 14.0 Å². The highest BCUT2D eigenvalue weighted by molar-refractivity contribution is 7.62. The van der Waals surface area contributed by atoms with E-state index in [1.54, 1.807) is 24.2 Å². The van der Waals surface area contributed by atoms with Crippen LogP contribution >= 0.6 is 18.7 Å². The molecule has 2 aromatic heterocycles. The van der Waals surface area contributed by atoms with E-state index in [2.05, 4.69) is 44.2 Å². The zero-order valence-electron chi connectivity index (χ0n) is 21.8. The van der Waals surface area contributed by atoms with Crippen LogP contribution in [-0.2, 0) is 25.3 Å². The minimum atomic E-state index is -2.22. The molecule has 0 bridgehead atoms. The number of anilines is 1. The smallest absolute Gasteiger partial charge is 0.303 e. The summed E-state index contributed by atoms with van der Waals surface area (Å²) in [5.41, 5.74) is 3.15. The highest BCUT2D eigenvalue weighted by Gasteiger charge is 2.46. The summed E-state index contributed by atoms with van der Waals surface area (Å²) >= 11 is 6.44. The molecule has 1 saturated heterocycles. The van der Waals surface area contributed by atoms with Gasteiger partial charge in [0.05, 0.1) is 30.9 Å². The van der Waals surface area contributed by atoms with E-state index in [0.717, 1.165) is 18.2 Å². The topological polar surface area (TPSA) is 99.4 Å². The van der Waals surface area contributed by atoms with Crippen molar-refractivity contribution in [3.63, 3.8) is 0 Å². The van der Waals surface area contributed by atoms with Gasteiger partial charge in [-0.15, -0.1) is 0 Å². The minimum Gasteiger partial charge on any atom is -0.457 e. The van der Waals surface area contributed by atoms with Gasteiger partial charge in [-0.05, 0) is 55.3 Å². The van der Waals surface area contributed by atoms with Gasteiger partial charge in [-0.2, -0.15) is 15.1 Å². The fraction of sp³-hybridized carbons (Fsp3) is 0.538. The average molecular weight is 546 g/mol. The number of rotatable bonds is 7. The van der Waals surface area contributed by atoms with Crippen LogP contribution in [0.3, 0.4) is 0 Å². The lowest BCUT2D eigenvalue weighted by atomic mass is 9.98. The summed E-state index contributed by atoms with van der Waals surface area (Å²) in [5, 5.41) is 5.47. The van der Waals surface area contributed by atoms with Gasteiger partial charge in [-0.3, -0.25) is 4.79 Å². The molecule has 5 rings (SSSR count). The lowest BCUT2D eigenvalue weighted by molar-refractivity contribution is -0.154. The normalized spacial score (nSPS) is 25.4. The summed E-state index contributed by atoms with van der Waals surface area (Å²) < 4.78 is 26.1. The number of carbonyl (C=O) groups excluding carboxylic acids is 1. The lowest BCUT2D eigenvalue weighted by Crippen LogP contribution is -2.30. The molecule has 0 spiro atoms. The number of nitrogens with zero attached hydrogens (tertiary/aromatic N) is 5. The van der Waals surface area contributed by atoms with Gasteiger partial charge >= 0.3 is 5.97 Å². The number of aryl methyl sites for hydroxylation is 1. The van der Waals surface area contributed by atoms with Gasteiger partial charge in [0.15, 0.2) is 18.0 Å². The summed E-state index contributed by atoms with van der Waals surface area (Å²) in [7, 11) is -0.207. The Balaban J connectivity index is 1.51. The summed E-state index contributed by atoms with van der Waals surface area (Å²) in [6.07, 6.45) is 3.35. The van der Waals surface area contributed by atoms with E-state index in [4.69, 9.17) is 21.1 Å². The van der Waals surface area contributed by atoms with Gasteiger partial charge in [-0.25, -0.2) is 4.68 Å². The molecule has 1 unspecified atom stereocenters. The predicted molar refractivity (Wildman–Crippen MR) is 144 cm³/mol. The standard InChI is InChI=1S/C26H33ClN5O4P/c1-15-21(12-13-37(4,5)34)36-25(22(15)35-16(2)33)32-24-19(14-28-32)23(29-26(27)30-24)31(3)20-11-10-17-8-6-7-9-18(17)20/h6-9,14-15,20-22,25H,10-13H2,1-5H3/t15-,20+,21-,22?,25-/m1/s1. The Morgan fingerprint density at radius 3 is 2.78 bits per heavy atom. The molecule has 0 amide bonds. The molecule has 2 aliphatic rings. The highest BCUT2D eigenvalue weighted by Crippen LogP contribution is 2.44. The van der Waals surface area contributed by atoms with Crippen molar-refractivity contribution < 1.29 is 18.8 Å². The first-order chi connectivity index (χ1) is 17.5. The Kier molecular flexibility index (Phi) is 7.07. The molecular weight excluding hydrogens is 513 g/mol. The molecule has 1 aromatic carbocycles. The van der Waals surface area contributed by atoms with Crippen LogP contribution in [-0.4, -0.2) is 64.5 Å². The van der Waals surface area contributed by atoms with E-state index in [0.29, 0.717) is 24.0 Å². The molecule has 0 radical (unpaired) electrons. The van der Waals surface area contributed by atoms with Crippen LogP contribution in [0.25, 0.3) is 11.0 Å². The predicted octanol–water partition coefficient (Wildman–Crippen LogP) is 5.08. The van der Waals surface area contributed by atoms with Crippen LogP contribution in [0.2, 0.25) is 5.28 Å². The number of hydrogen-bond acceptors (Lipinski definition) is 8. The van der Waals surface area contributed by atoms with E-state index in [1.165, 1.54) is 18.1 Å². The lowest BCUT2D eigenvalue weighted by Gasteiger charge is -2.27. The molecule has 0 saturated carbocycles. The molecule has 9 nitrogen and oxygen atoms in total. The molecule has 37 heavy (non-hydrogen) atoms. The molecule has 1 fully saturated rings. The van der Waals surface area contributed by atoms with E-state index in [-0.39, 0.29) is 23.3 Å². The van der Waals surface area contributed by atoms with Crippen LogP contribution in [0.4, 0.5) is 5.82 Å². The Morgan fingerprint density at radius 2 is 2.05 bits per heavy atom. The second-order valence-electron chi connectivity index (χ2n) is 10.6. The SMILES string of the molecule is CC(=O)OC1[C@H](n2ncc3c(N(C)[C@H]4CCc5ccccc54)nc(Cl)nc32)O[C@H](CCP(C)(C)=O)[C@H]1C. The first-order valence-corrected chi connectivity index (χ1v) is 15.8. The fourth-order valence-corrected chi connectivity index (χ4v) is 6.64. The number of hydrogen-bond donors (Lipinski definition) is 0.